The van der Waals surface area contributed by atoms with Crippen molar-refractivity contribution < 1.29 is 22.7 Å². The molecule has 2 aromatic rings. The zero-order valence-corrected chi connectivity index (χ0v) is 26.8. The molecule has 0 amide bonds. The minimum Gasteiger partial charge on any atom is -0.410 e. The molecule has 40 heavy (non-hydrogen) atoms. The quantitative estimate of drug-likeness (QED) is 0.349. The van der Waals surface area contributed by atoms with Crippen molar-refractivity contribution in [2.24, 2.45) is 5.41 Å². The highest BCUT2D eigenvalue weighted by molar-refractivity contribution is 6.74. The number of fused-ring (bicyclic) bond motifs is 1. The Morgan fingerprint density at radius 3 is 2.08 bits per heavy atom. The molecule has 1 heterocycles. The summed E-state index contributed by atoms with van der Waals surface area (Å²) >= 11 is 0. The van der Waals surface area contributed by atoms with Gasteiger partial charge >= 0.3 is 6.18 Å². The fourth-order valence-electron chi connectivity index (χ4n) is 6.36. The summed E-state index contributed by atoms with van der Waals surface area (Å²) in [5.41, 5.74) is 4.82. The molecule has 1 unspecified atom stereocenters. The molecule has 0 bridgehead atoms. The van der Waals surface area contributed by atoms with Gasteiger partial charge in [-0.3, -0.25) is 4.98 Å². The minimum absolute atomic E-state index is 0.0157. The molecule has 0 radical (unpaired) electrons. The van der Waals surface area contributed by atoms with E-state index in [0.29, 0.717) is 5.56 Å². The summed E-state index contributed by atoms with van der Waals surface area (Å²) < 4.78 is 47.1. The molecule has 4 rings (SSSR count). The fourth-order valence-corrected chi connectivity index (χ4v) is 7.63. The van der Waals surface area contributed by atoms with Gasteiger partial charge in [-0.2, -0.15) is 13.2 Å². The highest BCUT2D eigenvalue weighted by atomic mass is 28.4. The highest BCUT2D eigenvalue weighted by Gasteiger charge is 2.45. The summed E-state index contributed by atoms with van der Waals surface area (Å²) in [5, 5.41) is 12.0. The summed E-state index contributed by atoms with van der Waals surface area (Å²) in [6.45, 7) is 20.1. The van der Waals surface area contributed by atoms with Crippen LogP contribution in [0.3, 0.4) is 0 Å². The van der Waals surface area contributed by atoms with Crippen LogP contribution in [0.25, 0.3) is 0 Å². The minimum atomic E-state index is -4.42. The van der Waals surface area contributed by atoms with E-state index in [1.807, 2.05) is 0 Å². The van der Waals surface area contributed by atoms with Gasteiger partial charge in [-0.1, -0.05) is 73.4 Å². The van der Waals surface area contributed by atoms with Crippen LogP contribution in [0.5, 0.6) is 0 Å². The Balaban J connectivity index is 1.97. The Morgan fingerprint density at radius 2 is 1.57 bits per heavy atom. The molecule has 2 atom stereocenters. The molecule has 1 N–H and O–H groups in total. The van der Waals surface area contributed by atoms with E-state index in [9.17, 15) is 18.3 Å². The monoisotopic (exact) mass is 575 g/mol. The summed E-state index contributed by atoms with van der Waals surface area (Å²) in [5.74, 6) is 0.328. The van der Waals surface area contributed by atoms with Gasteiger partial charge in [0.2, 0.25) is 0 Å². The van der Waals surface area contributed by atoms with Crippen LogP contribution in [0.1, 0.15) is 144 Å². The van der Waals surface area contributed by atoms with Crippen molar-refractivity contribution in [1.29, 1.82) is 0 Å². The number of aliphatic hydroxyl groups excluding tert-OH is 1. The smallest absolute Gasteiger partial charge is 0.410 e. The van der Waals surface area contributed by atoms with Gasteiger partial charge in [0.15, 0.2) is 8.32 Å². The normalized spacial score (nSPS) is 21.1. The Hall–Kier alpha value is -1.70. The number of alkyl halides is 3. The molecule has 1 aromatic carbocycles. The van der Waals surface area contributed by atoms with Crippen molar-refractivity contribution in [1.82, 2.24) is 4.98 Å². The number of benzene rings is 1. The first-order chi connectivity index (χ1) is 18.3. The summed E-state index contributed by atoms with van der Waals surface area (Å²) in [6.07, 6.45) is 0.464. The first-order valence-electron chi connectivity index (χ1n) is 14.9. The molecule has 2 aliphatic rings. The van der Waals surface area contributed by atoms with E-state index in [4.69, 9.17) is 9.41 Å². The fraction of sp³-hybridized carbons (Fsp3) is 0.667. The topological polar surface area (TPSA) is 42.4 Å². The van der Waals surface area contributed by atoms with Crippen molar-refractivity contribution in [3.63, 3.8) is 0 Å². The van der Waals surface area contributed by atoms with Crippen LogP contribution >= 0.6 is 0 Å². The third-order valence-corrected chi connectivity index (χ3v) is 14.0. The van der Waals surface area contributed by atoms with E-state index in [1.165, 1.54) is 12.1 Å². The van der Waals surface area contributed by atoms with Crippen molar-refractivity contribution in [3.05, 3.63) is 63.5 Å². The molecule has 3 nitrogen and oxygen atoms in total. The van der Waals surface area contributed by atoms with Crippen LogP contribution in [0, 0.1) is 5.41 Å². The van der Waals surface area contributed by atoms with E-state index >= 15 is 0 Å². The Bertz CT molecular complexity index is 1210. The molecule has 0 spiro atoms. The lowest BCUT2D eigenvalue weighted by molar-refractivity contribution is -0.137. The predicted octanol–water partition coefficient (Wildman–Crippen LogP) is 10.00. The largest absolute Gasteiger partial charge is 0.416 e. The van der Waals surface area contributed by atoms with E-state index in [0.717, 1.165) is 78.7 Å². The molecule has 1 saturated carbocycles. The summed E-state index contributed by atoms with van der Waals surface area (Å²) in [4.78, 5) is 5.28. The molecule has 2 aliphatic carbocycles. The number of aliphatic hydroxyl groups is 1. The lowest BCUT2D eigenvalue weighted by Crippen LogP contribution is -2.44. The van der Waals surface area contributed by atoms with Crippen molar-refractivity contribution in [2.75, 3.05) is 0 Å². The average Bonchev–Trinajstić information content (AvgIpc) is 3.35. The van der Waals surface area contributed by atoms with Gasteiger partial charge in [0.05, 0.1) is 11.7 Å². The second kappa shape index (κ2) is 10.8. The number of nitrogens with zero attached hydrogens (tertiary/aromatic N) is 1. The number of aromatic nitrogens is 1. The lowest BCUT2D eigenvalue weighted by Gasteiger charge is -2.45. The maximum Gasteiger partial charge on any atom is 0.416 e. The van der Waals surface area contributed by atoms with Crippen LogP contribution in [0.15, 0.2) is 24.3 Å². The van der Waals surface area contributed by atoms with Crippen LogP contribution < -0.4 is 0 Å². The number of rotatable bonds is 6. The number of halogens is 3. The molecular weight excluding hydrogens is 527 g/mol. The Kier molecular flexibility index (Phi) is 8.47. The SMILES string of the molecule is CC(C)c1nc2c(c(C3CCCC3)c1C(O)c1ccc(C(F)(F)F)cc1)[C@H](O[Si](C)(C)C(C)(C)C)CC(C)(C)C2. The molecule has 7 heteroatoms. The zero-order valence-electron chi connectivity index (χ0n) is 25.8. The first kappa shape index (κ1) is 31.2. The van der Waals surface area contributed by atoms with Gasteiger partial charge in [-0.05, 0) is 84.3 Å². The molecule has 1 fully saturated rings. The van der Waals surface area contributed by atoms with Crippen LogP contribution in [0.4, 0.5) is 13.2 Å². The number of hydrogen-bond acceptors (Lipinski definition) is 3. The van der Waals surface area contributed by atoms with Crippen molar-refractivity contribution in [3.8, 4) is 0 Å². The average molecular weight is 576 g/mol. The van der Waals surface area contributed by atoms with Gasteiger partial charge in [-0.25, -0.2) is 0 Å². The molecule has 1 aromatic heterocycles. The van der Waals surface area contributed by atoms with Gasteiger partial charge in [0.25, 0.3) is 0 Å². The van der Waals surface area contributed by atoms with E-state index in [1.54, 1.807) is 0 Å². The predicted molar refractivity (Wildman–Crippen MR) is 158 cm³/mol. The number of pyridine rings is 1. The van der Waals surface area contributed by atoms with Crippen LogP contribution in [-0.2, 0) is 17.0 Å². The maximum atomic E-state index is 13.3. The highest BCUT2D eigenvalue weighted by Crippen LogP contribution is 2.53. The van der Waals surface area contributed by atoms with E-state index in [-0.39, 0.29) is 28.4 Å². The molecule has 222 valence electrons. The van der Waals surface area contributed by atoms with Crippen LogP contribution in [-0.4, -0.2) is 18.4 Å². The number of hydrogen-bond donors (Lipinski definition) is 1. The Labute approximate surface area is 240 Å². The van der Waals surface area contributed by atoms with Gasteiger partial charge in [0.1, 0.15) is 6.10 Å². The van der Waals surface area contributed by atoms with E-state index < -0.39 is 26.2 Å². The molecular formula is C33H48F3NO2Si. The summed E-state index contributed by atoms with van der Waals surface area (Å²) in [6, 6.07) is 4.98. The molecule has 0 saturated heterocycles. The van der Waals surface area contributed by atoms with Gasteiger partial charge < -0.3 is 9.53 Å². The van der Waals surface area contributed by atoms with Crippen molar-refractivity contribution >= 4 is 8.32 Å². The third kappa shape index (κ3) is 6.22. The maximum absolute atomic E-state index is 13.3. The van der Waals surface area contributed by atoms with E-state index in [2.05, 4.69) is 61.6 Å². The molecule has 0 aliphatic heterocycles. The van der Waals surface area contributed by atoms with Gasteiger partial charge in [-0.15, -0.1) is 0 Å². The lowest BCUT2D eigenvalue weighted by atomic mass is 9.70. The van der Waals surface area contributed by atoms with Crippen molar-refractivity contribution in [2.45, 2.75) is 135 Å². The Morgan fingerprint density at radius 1 is 1.00 bits per heavy atom. The zero-order chi connectivity index (χ0) is 29.8. The van der Waals surface area contributed by atoms with Crippen LogP contribution in [0.2, 0.25) is 18.1 Å². The van der Waals surface area contributed by atoms with Gasteiger partial charge in [0, 0.05) is 22.5 Å². The third-order valence-electron chi connectivity index (χ3n) is 9.51. The second-order valence-corrected chi connectivity index (χ2v) is 19.5. The second-order valence-electron chi connectivity index (χ2n) is 14.8. The summed E-state index contributed by atoms with van der Waals surface area (Å²) in [7, 11) is -2.15. The standard InChI is InChI=1S/C33H48F3NO2Si/c1-20(2)29-28(30(38)22-14-16-23(17-15-22)33(34,35)36)26(21-12-10-11-13-21)27-24(37-29)18-32(6,7)19-25(27)39-40(8,9)31(3,4)5/h14-17,20-21,25,30,38H,10-13,18-19H2,1-9H3/t25-,30?/m1/s1. The first-order valence-corrected chi connectivity index (χ1v) is 17.8.